The van der Waals surface area contributed by atoms with Crippen LogP contribution in [0.5, 0.6) is 0 Å². The van der Waals surface area contributed by atoms with Gasteiger partial charge in [-0.1, -0.05) is 11.6 Å². The number of nitrogens with one attached hydrogen (secondary N) is 1. The molecule has 1 aromatic carbocycles. The molecule has 1 unspecified atom stereocenters. The van der Waals surface area contributed by atoms with E-state index in [2.05, 4.69) is 5.32 Å². The summed E-state index contributed by atoms with van der Waals surface area (Å²) >= 11 is 7.04. The van der Waals surface area contributed by atoms with Gasteiger partial charge >= 0.3 is 12.0 Å². The Hall–Kier alpha value is -1.47. The highest BCUT2D eigenvalue weighted by atomic mass is 35.5. The molecule has 1 fully saturated rings. The van der Waals surface area contributed by atoms with Crippen LogP contribution < -0.4 is 5.32 Å². The molecule has 0 radical (unpaired) electrons. The highest BCUT2D eigenvalue weighted by Crippen LogP contribution is 2.24. The van der Waals surface area contributed by atoms with E-state index in [1.165, 1.54) is 23.9 Å². The van der Waals surface area contributed by atoms with Gasteiger partial charge in [-0.05, 0) is 18.2 Å². The molecule has 1 aliphatic heterocycles. The molecule has 2 rings (SSSR count). The van der Waals surface area contributed by atoms with Crippen molar-refractivity contribution in [2.75, 3.05) is 16.9 Å². The summed E-state index contributed by atoms with van der Waals surface area (Å²) in [6.45, 7) is 0. The normalized spacial score (nSPS) is 18.4. The van der Waals surface area contributed by atoms with E-state index in [-0.39, 0.29) is 16.6 Å². The van der Waals surface area contributed by atoms with Crippen LogP contribution in [0.1, 0.15) is 0 Å². The SMILES string of the molecule is O=C(O)C1CSCN1C(=O)Nc1cc(Cl)ccc1F. The van der Waals surface area contributed by atoms with Gasteiger partial charge in [-0.15, -0.1) is 11.8 Å². The van der Waals surface area contributed by atoms with E-state index in [1.807, 2.05) is 0 Å². The number of benzene rings is 1. The lowest BCUT2D eigenvalue weighted by Gasteiger charge is -2.21. The van der Waals surface area contributed by atoms with Gasteiger partial charge in [-0.3, -0.25) is 0 Å². The summed E-state index contributed by atoms with van der Waals surface area (Å²) in [6, 6.07) is 2.21. The zero-order chi connectivity index (χ0) is 14.0. The van der Waals surface area contributed by atoms with E-state index in [0.717, 1.165) is 11.0 Å². The maximum atomic E-state index is 13.5. The Morgan fingerprint density at radius 3 is 2.95 bits per heavy atom. The summed E-state index contributed by atoms with van der Waals surface area (Å²) in [5.74, 6) is -1.13. The molecule has 1 saturated heterocycles. The Balaban J connectivity index is 2.12. The average molecular weight is 305 g/mol. The molecule has 2 N–H and O–H groups in total. The van der Waals surface area contributed by atoms with Crippen molar-refractivity contribution in [3.8, 4) is 0 Å². The molecule has 0 bridgehead atoms. The van der Waals surface area contributed by atoms with E-state index in [9.17, 15) is 14.0 Å². The molecule has 1 aromatic rings. The van der Waals surface area contributed by atoms with Gasteiger partial charge in [0.25, 0.3) is 0 Å². The number of rotatable bonds is 2. The van der Waals surface area contributed by atoms with Crippen LogP contribution in [0.15, 0.2) is 18.2 Å². The molecule has 0 aromatic heterocycles. The predicted molar refractivity (Wildman–Crippen MR) is 71.0 cm³/mol. The van der Waals surface area contributed by atoms with Gasteiger partial charge in [0.2, 0.25) is 0 Å². The summed E-state index contributed by atoms with van der Waals surface area (Å²) in [7, 11) is 0. The van der Waals surface area contributed by atoms with Crippen molar-refractivity contribution in [1.29, 1.82) is 0 Å². The number of urea groups is 1. The van der Waals surface area contributed by atoms with E-state index < -0.39 is 23.9 Å². The largest absolute Gasteiger partial charge is 0.480 e. The fourth-order valence-electron chi connectivity index (χ4n) is 1.63. The Bertz CT molecular complexity index is 529. The number of carbonyl (C=O) groups is 2. The standard InChI is InChI=1S/C11H10ClFN2O3S/c12-6-1-2-7(13)8(3-6)14-11(18)15-5-19-4-9(15)10(16)17/h1-3,9H,4-5H2,(H,14,18)(H,16,17). The molecule has 0 aliphatic carbocycles. The van der Waals surface area contributed by atoms with Gasteiger partial charge in [0.1, 0.15) is 11.9 Å². The minimum absolute atomic E-state index is 0.0708. The van der Waals surface area contributed by atoms with E-state index in [1.54, 1.807) is 0 Å². The molecule has 19 heavy (non-hydrogen) atoms. The number of aliphatic carboxylic acids is 1. The molecular weight excluding hydrogens is 295 g/mol. The second-order valence-corrected chi connectivity index (χ2v) is 5.31. The van der Waals surface area contributed by atoms with Crippen molar-refractivity contribution in [2.24, 2.45) is 0 Å². The lowest BCUT2D eigenvalue weighted by molar-refractivity contribution is -0.140. The number of hydrogen-bond acceptors (Lipinski definition) is 3. The summed E-state index contributed by atoms with van der Waals surface area (Å²) < 4.78 is 13.5. The number of nitrogens with zero attached hydrogens (tertiary/aromatic N) is 1. The van der Waals surface area contributed by atoms with Gasteiger partial charge < -0.3 is 15.3 Å². The van der Waals surface area contributed by atoms with Crippen LogP contribution in [0.4, 0.5) is 14.9 Å². The molecule has 0 spiro atoms. The summed E-state index contributed by atoms with van der Waals surface area (Å²) in [6.07, 6.45) is 0. The molecule has 8 heteroatoms. The number of thioether (sulfide) groups is 1. The molecule has 1 atom stereocenters. The van der Waals surface area contributed by atoms with Crippen LogP contribution in [0.3, 0.4) is 0 Å². The first-order valence-corrected chi connectivity index (χ1v) is 6.85. The number of carboxylic acid groups (broad SMARTS) is 1. The lowest BCUT2D eigenvalue weighted by Crippen LogP contribution is -2.44. The third-order valence-corrected chi connectivity index (χ3v) is 3.85. The molecule has 5 nitrogen and oxygen atoms in total. The number of anilines is 1. The number of halogens is 2. The highest BCUT2D eigenvalue weighted by molar-refractivity contribution is 7.99. The number of carboxylic acids is 1. The molecule has 2 amide bonds. The van der Waals surface area contributed by atoms with Crippen LogP contribution in [-0.2, 0) is 4.79 Å². The van der Waals surface area contributed by atoms with Crippen LogP contribution in [0, 0.1) is 5.82 Å². The summed E-state index contributed by atoms with van der Waals surface area (Å²) in [5.41, 5.74) is -0.0708. The van der Waals surface area contributed by atoms with Crippen molar-refractivity contribution in [3.63, 3.8) is 0 Å². The van der Waals surface area contributed by atoms with E-state index in [0.29, 0.717) is 5.75 Å². The minimum Gasteiger partial charge on any atom is -0.480 e. The molecule has 1 heterocycles. The fourth-order valence-corrected chi connectivity index (χ4v) is 2.94. The topological polar surface area (TPSA) is 69.6 Å². The zero-order valence-electron chi connectivity index (χ0n) is 9.60. The first kappa shape index (κ1) is 14.0. The smallest absolute Gasteiger partial charge is 0.327 e. The number of hydrogen-bond donors (Lipinski definition) is 2. The Kier molecular flexibility index (Phi) is 4.16. The second-order valence-electron chi connectivity index (χ2n) is 3.88. The Labute approximate surface area is 117 Å². The average Bonchev–Trinajstić information content (AvgIpc) is 2.83. The van der Waals surface area contributed by atoms with Gasteiger partial charge in [0.05, 0.1) is 11.6 Å². The highest BCUT2D eigenvalue weighted by Gasteiger charge is 2.34. The molecule has 102 valence electrons. The monoisotopic (exact) mass is 304 g/mol. The Morgan fingerprint density at radius 2 is 2.26 bits per heavy atom. The van der Waals surface area contributed by atoms with Gasteiger partial charge in [-0.2, -0.15) is 0 Å². The second kappa shape index (κ2) is 5.66. The minimum atomic E-state index is -1.08. The van der Waals surface area contributed by atoms with Crippen LogP contribution in [0.25, 0.3) is 0 Å². The third-order valence-electron chi connectivity index (χ3n) is 2.60. The number of carbonyl (C=O) groups excluding carboxylic acids is 1. The lowest BCUT2D eigenvalue weighted by atomic mass is 10.3. The maximum absolute atomic E-state index is 13.5. The fraction of sp³-hybridized carbons (Fsp3) is 0.273. The Morgan fingerprint density at radius 1 is 1.53 bits per heavy atom. The first-order valence-electron chi connectivity index (χ1n) is 5.32. The third kappa shape index (κ3) is 3.10. The van der Waals surface area contributed by atoms with Crippen molar-refractivity contribution in [2.45, 2.75) is 6.04 Å². The van der Waals surface area contributed by atoms with Gasteiger partial charge in [-0.25, -0.2) is 14.0 Å². The van der Waals surface area contributed by atoms with Crippen molar-refractivity contribution in [1.82, 2.24) is 4.90 Å². The molecule has 0 saturated carbocycles. The molecule has 1 aliphatic rings. The van der Waals surface area contributed by atoms with Crippen LogP contribution >= 0.6 is 23.4 Å². The van der Waals surface area contributed by atoms with Crippen LogP contribution in [-0.4, -0.2) is 39.7 Å². The van der Waals surface area contributed by atoms with E-state index >= 15 is 0 Å². The molecular formula is C11H10ClFN2O3S. The predicted octanol–water partition coefficient (Wildman–Crippen LogP) is 2.47. The van der Waals surface area contributed by atoms with Crippen molar-refractivity contribution >= 4 is 41.1 Å². The summed E-state index contributed by atoms with van der Waals surface area (Å²) in [5, 5.41) is 11.6. The number of amides is 2. The quantitative estimate of drug-likeness (QED) is 0.880. The summed E-state index contributed by atoms with van der Waals surface area (Å²) in [4.78, 5) is 24.0. The van der Waals surface area contributed by atoms with Gasteiger partial charge in [0.15, 0.2) is 0 Å². The van der Waals surface area contributed by atoms with Crippen LogP contribution in [0.2, 0.25) is 5.02 Å². The van der Waals surface area contributed by atoms with Crippen molar-refractivity contribution < 1.29 is 19.1 Å². The first-order chi connectivity index (χ1) is 8.99. The maximum Gasteiger partial charge on any atom is 0.327 e. The van der Waals surface area contributed by atoms with E-state index in [4.69, 9.17) is 16.7 Å². The van der Waals surface area contributed by atoms with Gasteiger partial charge in [0, 0.05) is 10.8 Å². The van der Waals surface area contributed by atoms with Crippen molar-refractivity contribution in [3.05, 3.63) is 29.0 Å². The zero-order valence-corrected chi connectivity index (χ0v) is 11.2.